The van der Waals surface area contributed by atoms with Crippen LogP contribution in [-0.2, 0) is 16.1 Å². The Balaban J connectivity index is 2.37. The summed E-state index contributed by atoms with van der Waals surface area (Å²) in [6.07, 6.45) is -0.0513. The molecule has 0 saturated carbocycles. The van der Waals surface area contributed by atoms with Gasteiger partial charge < -0.3 is 15.2 Å². The number of amides is 1. The van der Waals surface area contributed by atoms with Crippen LogP contribution in [0.1, 0.15) is 25.3 Å². The van der Waals surface area contributed by atoms with Crippen LogP contribution in [0.4, 0.5) is 4.79 Å². The van der Waals surface area contributed by atoms with Crippen LogP contribution in [0.5, 0.6) is 0 Å². The third-order valence-electron chi connectivity index (χ3n) is 2.55. The van der Waals surface area contributed by atoms with Crippen molar-refractivity contribution in [3.63, 3.8) is 0 Å². The maximum Gasteiger partial charge on any atom is 0.407 e. The SMILES string of the molecule is CC(=O)C[C@H](CCO)NC(=O)OCc1ccccc1. The molecule has 19 heavy (non-hydrogen) atoms. The zero-order valence-corrected chi connectivity index (χ0v) is 11.0. The Labute approximate surface area is 112 Å². The standard InChI is InChI=1S/C14H19NO4/c1-11(17)9-13(7-8-16)15-14(18)19-10-12-5-3-2-4-6-12/h2-6,13,16H,7-10H2,1H3,(H,15,18)/t13-/m0/s1. The van der Waals surface area contributed by atoms with E-state index in [1.54, 1.807) is 0 Å². The molecular formula is C14H19NO4. The quantitative estimate of drug-likeness (QED) is 0.786. The van der Waals surface area contributed by atoms with Gasteiger partial charge in [-0.25, -0.2) is 4.79 Å². The largest absolute Gasteiger partial charge is 0.445 e. The number of ketones is 1. The van der Waals surface area contributed by atoms with Crippen LogP contribution in [0.3, 0.4) is 0 Å². The van der Waals surface area contributed by atoms with E-state index in [-0.39, 0.29) is 31.5 Å². The van der Waals surface area contributed by atoms with Gasteiger partial charge in [0.2, 0.25) is 0 Å². The molecule has 5 heteroatoms. The second-order valence-electron chi connectivity index (χ2n) is 4.32. The Bertz CT molecular complexity index is 405. The Morgan fingerprint density at radius 2 is 2.00 bits per heavy atom. The number of nitrogens with one attached hydrogen (secondary N) is 1. The van der Waals surface area contributed by atoms with Crippen molar-refractivity contribution in [3.05, 3.63) is 35.9 Å². The van der Waals surface area contributed by atoms with Crippen molar-refractivity contribution < 1.29 is 19.4 Å². The number of hydrogen-bond donors (Lipinski definition) is 2. The normalized spacial score (nSPS) is 11.7. The van der Waals surface area contributed by atoms with Crippen LogP contribution in [0, 0.1) is 0 Å². The second kappa shape index (κ2) is 8.26. The summed E-state index contributed by atoms with van der Waals surface area (Å²) >= 11 is 0. The molecule has 1 atom stereocenters. The minimum Gasteiger partial charge on any atom is -0.445 e. The van der Waals surface area contributed by atoms with Crippen molar-refractivity contribution in [2.24, 2.45) is 0 Å². The van der Waals surface area contributed by atoms with Crippen molar-refractivity contribution in [3.8, 4) is 0 Å². The molecule has 1 aromatic rings. The number of benzene rings is 1. The first kappa shape index (κ1) is 15.2. The maximum atomic E-state index is 11.6. The number of carbonyl (C=O) groups excluding carboxylic acids is 2. The molecule has 5 nitrogen and oxygen atoms in total. The zero-order valence-electron chi connectivity index (χ0n) is 11.0. The first-order valence-corrected chi connectivity index (χ1v) is 6.19. The molecule has 0 heterocycles. The topological polar surface area (TPSA) is 75.6 Å². The van der Waals surface area contributed by atoms with Gasteiger partial charge in [-0.05, 0) is 18.9 Å². The summed E-state index contributed by atoms with van der Waals surface area (Å²) in [5.41, 5.74) is 0.892. The molecule has 104 valence electrons. The Morgan fingerprint density at radius 1 is 1.32 bits per heavy atom. The molecule has 0 aliphatic rings. The molecule has 0 radical (unpaired) electrons. The van der Waals surface area contributed by atoms with Crippen LogP contribution >= 0.6 is 0 Å². The Kier molecular flexibility index (Phi) is 6.60. The van der Waals surface area contributed by atoms with Crippen LogP contribution in [0.25, 0.3) is 0 Å². The van der Waals surface area contributed by atoms with E-state index in [1.807, 2.05) is 30.3 Å². The molecule has 1 aromatic carbocycles. The van der Waals surface area contributed by atoms with Crippen molar-refractivity contribution in [2.75, 3.05) is 6.61 Å². The van der Waals surface area contributed by atoms with Gasteiger partial charge in [0.25, 0.3) is 0 Å². The van der Waals surface area contributed by atoms with Crippen LogP contribution in [0.2, 0.25) is 0 Å². The number of alkyl carbamates (subject to hydrolysis) is 1. The monoisotopic (exact) mass is 265 g/mol. The average molecular weight is 265 g/mol. The van der Waals surface area contributed by atoms with E-state index >= 15 is 0 Å². The number of Topliss-reactive ketones (excluding diaryl/α,β-unsaturated/α-hetero) is 1. The molecule has 0 bridgehead atoms. The summed E-state index contributed by atoms with van der Waals surface area (Å²) in [6.45, 7) is 1.54. The number of hydrogen-bond acceptors (Lipinski definition) is 4. The highest BCUT2D eigenvalue weighted by Crippen LogP contribution is 2.03. The minimum atomic E-state index is -0.580. The summed E-state index contributed by atoms with van der Waals surface area (Å²) in [6, 6.07) is 8.93. The number of aliphatic hydroxyl groups excluding tert-OH is 1. The van der Waals surface area contributed by atoms with Gasteiger partial charge in [-0.1, -0.05) is 30.3 Å². The second-order valence-corrected chi connectivity index (χ2v) is 4.32. The van der Waals surface area contributed by atoms with Crippen molar-refractivity contribution in [2.45, 2.75) is 32.4 Å². The Morgan fingerprint density at radius 3 is 2.58 bits per heavy atom. The lowest BCUT2D eigenvalue weighted by Gasteiger charge is -2.16. The van der Waals surface area contributed by atoms with Gasteiger partial charge in [0, 0.05) is 19.1 Å². The summed E-state index contributed by atoms with van der Waals surface area (Å²) in [7, 11) is 0. The third kappa shape index (κ3) is 6.57. The van der Waals surface area contributed by atoms with E-state index in [4.69, 9.17) is 9.84 Å². The molecule has 0 aromatic heterocycles. The van der Waals surface area contributed by atoms with Crippen LogP contribution in [0.15, 0.2) is 30.3 Å². The fourth-order valence-electron chi connectivity index (χ4n) is 1.66. The fraction of sp³-hybridized carbons (Fsp3) is 0.429. The van der Waals surface area contributed by atoms with E-state index < -0.39 is 6.09 Å². The van der Waals surface area contributed by atoms with E-state index in [9.17, 15) is 9.59 Å². The summed E-state index contributed by atoms with van der Waals surface area (Å²) in [5, 5.41) is 11.4. The summed E-state index contributed by atoms with van der Waals surface area (Å²) in [4.78, 5) is 22.6. The molecule has 0 saturated heterocycles. The molecular weight excluding hydrogens is 246 g/mol. The van der Waals surface area contributed by atoms with E-state index in [0.29, 0.717) is 6.42 Å². The average Bonchev–Trinajstić information content (AvgIpc) is 2.37. The smallest absolute Gasteiger partial charge is 0.407 e. The van der Waals surface area contributed by atoms with Gasteiger partial charge in [0.05, 0.1) is 0 Å². The third-order valence-corrected chi connectivity index (χ3v) is 2.55. The highest BCUT2D eigenvalue weighted by atomic mass is 16.5. The molecule has 1 amide bonds. The maximum absolute atomic E-state index is 11.6. The summed E-state index contributed by atoms with van der Waals surface area (Å²) < 4.78 is 5.04. The van der Waals surface area contributed by atoms with Gasteiger partial charge in [0.1, 0.15) is 12.4 Å². The van der Waals surface area contributed by atoms with E-state index in [0.717, 1.165) is 5.56 Å². The van der Waals surface area contributed by atoms with Gasteiger partial charge in [0.15, 0.2) is 0 Å². The molecule has 0 unspecified atom stereocenters. The van der Waals surface area contributed by atoms with Crippen molar-refractivity contribution >= 4 is 11.9 Å². The predicted octanol–water partition coefficient (Wildman–Crippen LogP) is 1.64. The van der Waals surface area contributed by atoms with Gasteiger partial charge in [-0.15, -0.1) is 0 Å². The molecule has 0 aliphatic carbocycles. The number of aliphatic hydroxyl groups is 1. The number of ether oxygens (including phenoxy) is 1. The molecule has 0 spiro atoms. The van der Waals surface area contributed by atoms with Crippen molar-refractivity contribution in [1.82, 2.24) is 5.32 Å². The van der Waals surface area contributed by atoms with Crippen LogP contribution < -0.4 is 5.32 Å². The molecule has 1 rings (SSSR count). The molecule has 2 N–H and O–H groups in total. The first-order chi connectivity index (χ1) is 9.11. The molecule has 0 aliphatic heterocycles. The molecule has 0 fully saturated rings. The van der Waals surface area contributed by atoms with Gasteiger partial charge >= 0.3 is 6.09 Å². The van der Waals surface area contributed by atoms with Crippen molar-refractivity contribution in [1.29, 1.82) is 0 Å². The lowest BCUT2D eigenvalue weighted by Crippen LogP contribution is -2.37. The Hall–Kier alpha value is -1.88. The minimum absolute atomic E-state index is 0.0400. The first-order valence-electron chi connectivity index (χ1n) is 6.19. The number of carbonyl (C=O) groups is 2. The lowest BCUT2D eigenvalue weighted by atomic mass is 10.1. The lowest BCUT2D eigenvalue weighted by molar-refractivity contribution is -0.117. The fourth-order valence-corrected chi connectivity index (χ4v) is 1.66. The highest BCUT2D eigenvalue weighted by molar-refractivity contribution is 5.77. The van der Waals surface area contributed by atoms with Gasteiger partial charge in [-0.3, -0.25) is 4.79 Å². The van der Waals surface area contributed by atoms with Gasteiger partial charge in [-0.2, -0.15) is 0 Å². The summed E-state index contributed by atoms with van der Waals surface area (Å²) in [5.74, 6) is -0.0400. The van der Waals surface area contributed by atoms with E-state index in [1.165, 1.54) is 6.92 Å². The highest BCUT2D eigenvalue weighted by Gasteiger charge is 2.14. The van der Waals surface area contributed by atoms with E-state index in [2.05, 4.69) is 5.32 Å². The predicted molar refractivity (Wildman–Crippen MR) is 70.6 cm³/mol. The zero-order chi connectivity index (χ0) is 14.1. The van der Waals surface area contributed by atoms with Crippen LogP contribution in [-0.4, -0.2) is 29.6 Å². The number of rotatable bonds is 7.